The van der Waals surface area contributed by atoms with Gasteiger partial charge in [-0.1, -0.05) is 6.42 Å². The average molecular weight is 268 g/mol. The molecule has 1 heterocycles. The molecule has 0 aromatic carbocycles. The van der Waals surface area contributed by atoms with Gasteiger partial charge >= 0.3 is 0 Å². The van der Waals surface area contributed by atoms with Gasteiger partial charge in [-0.25, -0.2) is 0 Å². The van der Waals surface area contributed by atoms with Gasteiger partial charge < -0.3 is 0 Å². The summed E-state index contributed by atoms with van der Waals surface area (Å²) in [7, 11) is 0. The molecule has 3 heteroatoms. The van der Waals surface area contributed by atoms with E-state index in [1.165, 1.54) is 62.9 Å². The maximum atomic E-state index is 5.81. The lowest BCUT2D eigenvalue weighted by Gasteiger charge is -2.30. The van der Waals surface area contributed by atoms with Crippen molar-refractivity contribution in [2.24, 2.45) is 29.5 Å². The number of thioether (sulfide) groups is 1. The summed E-state index contributed by atoms with van der Waals surface area (Å²) in [5.74, 6) is 12.6. The summed E-state index contributed by atoms with van der Waals surface area (Å²) < 4.78 is 0. The third-order valence-electron chi connectivity index (χ3n) is 5.67. The van der Waals surface area contributed by atoms with Crippen LogP contribution in [0.15, 0.2) is 0 Å². The fourth-order valence-electron chi connectivity index (χ4n) is 4.65. The number of hydrogen-bond donors (Lipinski definition) is 2. The highest BCUT2D eigenvalue weighted by Gasteiger charge is 2.40. The standard InChI is InChI=1S/C15H28N2S/c16-17-15(9-11-3-5-18-6-4-11)10-14-8-12-1-2-13(14)7-12/h11-15,17H,1-10,16H2. The average Bonchev–Trinajstić information content (AvgIpc) is 3.01. The Labute approximate surface area is 116 Å². The first-order valence-electron chi connectivity index (χ1n) is 7.89. The van der Waals surface area contributed by atoms with Crippen molar-refractivity contribution in [3.8, 4) is 0 Å². The molecule has 3 rings (SSSR count). The van der Waals surface area contributed by atoms with Gasteiger partial charge in [0.2, 0.25) is 0 Å². The van der Waals surface area contributed by atoms with Crippen LogP contribution in [0.4, 0.5) is 0 Å². The molecule has 0 aromatic heterocycles. The van der Waals surface area contributed by atoms with E-state index in [0.29, 0.717) is 6.04 Å². The maximum Gasteiger partial charge on any atom is 0.0215 e. The van der Waals surface area contributed by atoms with Crippen LogP contribution in [0.5, 0.6) is 0 Å². The Hall–Kier alpha value is 0.270. The monoisotopic (exact) mass is 268 g/mol. The van der Waals surface area contributed by atoms with Gasteiger partial charge in [0.25, 0.3) is 0 Å². The van der Waals surface area contributed by atoms with Crippen LogP contribution in [0.1, 0.15) is 51.4 Å². The lowest BCUT2D eigenvalue weighted by atomic mass is 9.82. The van der Waals surface area contributed by atoms with Crippen LogP contribution in [-0.2, 0) is 0 Å². The zero-order chi connectivity index (χ0) is 12.4. The molecule has 2 bridgehead atoms. The van der Waals surface area contributed by atoms with Crippen molar-refractivity contribution in [2.45, 2.75) is 57.4 Å². The number of fused-ring (bicyclic) bond motifs is 2. The van der Waals surface area contributed by atoms with Crippen molar-refractivity contribution in [3.63, 3.8) is 0 Å². The van der Waals surface area contributed by atoms with Crippen molar-refractivity contribution >= 4 is 11.8 Å². The Morgan fingerprint density at radius 1 is 1.06 bits per heavy atom. The van der Waals surface area contributed by atoms with E-state index in [1.807, 2.05) is 0 Å². The number of nitrogens with two attached hydrogens (primary N) is 1. The molecule has 104 valence electrons. The van der Waals surface area contributed by atoms with Crippen molar-refractivity contribution < 1.29 is 0 Å². The highest BCUT2D eigenvalue weighted by Crippen LogP contribution is 2.50. The minimum atomic E-state index is 0.586. The summed E-state index contributed by atoms with van der Waals surface area (Å²) in [4.78, 5) is 0. The maximum absolute atomic E-state index is 5.81. The van der Waals surface area contributed by atoms with Crippen LogP contribution >= 0.6 is 11.8 Å². The predicted octanol–water partition coefficient (Wildman–Crippen LogP) is 3.18. The molecule has 0 amide bonds. The van der Waals surface area contributed by atoms with E-state index < -0.39 is 0 Å². The van der Waals surface area contributed by atoms with Crippen LogP contribution in [0.25, 0.3) is 0 Å². The number of hydrogen-bond acceptors (Lipinski definition) is 3. The van der Waals surface area contributed by atoms with Crippen molar-refractivity contribution in [1.82, 2.24) is 5.43 Å². The van der Waals surface area contributed by atoms with Gasteiger partial charge in [0.15, 0.2) is 0 Å². The van der Waals surface area contributed by atoms with E-state index in [1.54, 1.807) is 0 Å². The van der Waals surface area contributed by atoms with Gasteiger partial charge in [0.05, 0.1) is 0 Å². The first kappa shape index (κ1) is 13.3. The van der Waals surface area contributed by atoms with Gasteiger partial charge in [-0.3, -0.25) is 11.3 Å². The Bertz CT molecular complexity index is 265. The number of hydrazine groups is 1. The largest absolute Gasteiger partial charge is 0.271 e. The second kappa shape index (κ2) is 6.15. The first-order valence-corrected chi connectivity index (χ1v) is 9.04. The molecule has 0 radical (unpaired) electrons. The van der Waals surface area contributed by atoms with Crippen LogP contribution in [0, 0.1) is 23.7 Å². The first-order chi connectivity index (χ1) is 8.85. The summed E-state index contributed by atoms with van der Waals surface area (Å²) in [6.07, 6.45) is 11.6. The van der Waals surface area contributed by atoms with E-state index in [9.17, 15) is 0 Å². The summed E-state index contributed by atoms with van der Waals surface area (Å²) in [5.41, 5.74) is 3.13. The predicted molar refractivity (Wildman–Crippen MR) is 79.3 cm³/mol. The number of rotatable bonds is 5. The van der Waals surface area contributed by atoms with Crippen LogP contribution < -0.4 is 11.3 Å². The van der Waals surface area contributed by atoms with Crippen molar-refractivity contribution in [2.75, 3.05) is 11.5 Å². The van der Waals surface area contributed by atoms with E-state index in [0.717, 1.165) is 23.7 Å². The molecule has 2 saturated carbocycles. The third kappa shape index (κ3) is 3.05. The Kier molecular flexibility index (Phi) is 4.53. The lowest BCUT2D eigenvalue weighted by molar-refractivity contribution is 0.252. The minimum absolute atomic E-state index is 0.586. The Balaban J connectivity index is 1.46. The minimum Gasteiger partial charge on any atom is -0.271 e. The Morgan fingerprint density at radius 2 is 1.89 bits per heavy atom. The summed E-state index contributed by atoms with van der Waals surface area (Å²) in [6.45, 7) is 0. The molecule has 18 heavy (non-hydrogen) atoms. The van der Waals surface area contributed by atoms with E-state index >= 15 is 0 Å². The fourth-order valence-corrected chi connectivity index (χ4v) is 5.85. The highest BCUT2D eigenvalue weighted by atomic mass is 32.2. The van der Waals surface area contributed by atoms with Gasteiger partial charge in [0, 0.05) is 6.04 Å². The topological polar surface area (TPSA) is 38.0 Å². The normalized spacial score (nSPS) is 38.2. The molecule has 1 aliphatic heterocycles. The molecule has 3 aliphatic rings. The second-order valence-electron chi connectivity index (χ2n) is 6.83. The van der Waals surface area contributed by atoms with Gasteiger partial charge in [-0.15, -0.1) is 0 Å². The molecule has 4 unspecified atom stereocenters. The zero-order valence-corrected chi connectivity index (χ0v) is 12.3. The molecular formula is C15H28N2S. The van der Waals surface area contributed by atoms with E-state index in [4.69, 9.17) is 5.84 Å². The Morgan fingerprint density at radius 3 is 2.50 bits per heavy atom. The summed E-state index contributed by atoms with van der Waals surface area (Å²) in [6, 6.07) is 0.586. The molecule has 3 fully saturated rings. The van der Waals surface area contributed by atoms with Crippen LogP contribution in [-0.4, -0.2) is 17.5 Å². The molecule has 0 spiro atoms. The smallest absolute Gasteiger partial charge is 0.0215 e. The molecule has 1 saturated heterocycles. The third-order valence-corrected chi connectivity index (χ3v) is 6.71. The van der Waals surface area contributed by atoms with Gasteiger partial charge in [-0.05, 0) is 80.1 Å². The molecule has 2 nitrogen and oxygen atoms in total. The molecular weight excluding hydrogens is 240 g/mol. The lowest BCUT2D eigenvalue weighted by Crippen LogP contribution is -2.39. The quantitative estimate of drug-likeness (QED) is 0.594. The molecule has 4 atom stereocenters. The summed E-state index contributed by atoms with van der Waals surface area (Å²) in [5, 5.41) is 0. The SMILES string of the molecule is NNC(CC1CCSCC1)CC1CC2CCC1C2. The second-order valence-corrected chi connectivity index (χ2v) is 8.05. The van der Waals surface area contributed by atoms with Crippen LogP contribution in [0.3, 0.4) is 0 Å². The molecule has 3 N–H and O–H groups in total. The molecule has 2 aliphatic carbocycles. The van der Waals surface area contributed by atoms with Crippen LogP contribution in [0.2, 0.25) is 0 Å². The molecule has 0 aromatic rings. The zero-order valence-electron chi connectivity index (χ0n) is 11.4. The van der Waals surface area contributed by atoms with E-state index in [-0.39, 0.29) is 0 Å². The van der Waals surface area contributed by atoms with Crippen molar-refractivity contribution in [3.05, 3.63) is 0 Å². The highest BCUT2D eigenvalue weighted by molar-refractivity contribution is 7.99. The van der Waals surface area contributed by atoms with E-state index in [2.05, 4.69) is 17.2 Å². The summed E-state index contributed by atoms with van der Waals surface area (Å²) >= 11 is 2.12. The fraction of sp³-hybridized carbons (Fsp3) is 1.00. The van der Waals surface area contributed by atoms with Gasteiger partial charge in [0.1, 0.15) is 0 Å². The number of nitrogens with one attached hydrogen (secondary N) is 1. The van der Waals surface area contributed by atoms with Gasteiger partial charge in [-0.2, -0.15) is 11.8 Å². The van der Waals surface area contributed by atoms with Crippen molar-refractivity contribution in [1.29, 1.82) is 0 Å².